The second kappa shape index (κ2) is 6.79. The topological polar surface area (TPSA) is 75.6 Å². The first-order valence-corrected chi connectivity index (χ1v) is 9.06. The predicted molar refractivity (Wildman–Crippen MR) is 94.4 cm³/mol. The zero-order valence-corrected chi connectivity index (χ0v) is 15.1. The molecule has 1 aromatic carbocycles. The van der Waals surface area contributed by atoms with Crippen molar-refractivity contribution in [3.05, 3.63) is 35.4 Å². The molecule has 0 aromatic heterocycles. The minimum absolute atomic E-state index is 0.0428. The van der Waals surface area contributed by atoms with Gasteiger partial charge in [0, 0.05) is 24.8 Å². The van der Waals surface area contributed by atoms with E-state index >= 15 is 0 Å². The molecule has 5 heteroatoms. The van der Waals surface area contributed by atoms with E-state index in [2.05, 4.69) is 19.2 Å². The maximum Gasteiger partial charge on any atom is 0.336 e. The summed E-state index contributed by atoms with van der Waals surface area (Å²) in [6.45, 7) is 5.85. The van der Waals surface area contributed by atoms with Crippen LogP contribution in [0, 0.1) is 11.8 Å². The van der Waals surface area contributed by atoms with E-state index in [1.165, 1.54) is 0 Å². The normalized spacial score (nSPS) is 34.8. The van der Waals surface area contributed by atoms with Crippen molar-refractivity contribution in [1.82, 2.24) is 5.32 Å². The van der Waals surface area contributed by atoms with Crippen molar-refractivity contribution in [1.29, 1.82) is 0 Å². The van der Waals surface area contributed by atoms with Gasteiger partial charge in [0.1, 0.15) is 0 Å². The number of aromatic carboxylic acids is 1. The zero-order valence-electron chi connectivity index (χ0n) is 15.1. The highest BCUT2D eigenvalue weighted by molar-refractivity contribution is 5.89. The fraction of sp³-hybridized carbons (Fsp3) is 0.600. The smallest absolute Gasteiger partial charge is 0.336 e. The van der Waals surface area contributed by atoms with Crippen LogP contribution in [0.25, 0.3) is 0 Å². The standard InChI is InChI=1S/C20H27NO4/c1-12-8-9-16-17(10-12)25-18(11-20(16,3)21-13(2)22)14-6-4-5-7-15(14)19(23)24/h4-7,12,16-18H,8-11H2,1-3H3,(H,21,22)(H,23,24)/t12-,16-,17-,18-,20+/m1/s1. The van der Waals surface area contributed by atoms with Crippen LogP contribution in [0.15, 0.2) is 24.3 Å². The molecule has 2 N–H and O–H groups in total. The molecule has 1 aliphatic heterocycles. The number of benzene rings is 1. The lowest BCUT2D eigenvalue weighted by molar-refractivity contribution is -0.153. The number of carboxylic acids is 1. The van der Waals surface area contributed by atoms with Crippen molar-refractivity contribution in [2.24, 2.45) is 11.8 Å². The van der Waals surface area contributed by atoms with Gasteiger partial charge in [0.15, 0.2) is 0 Å². The number of carboxylic acid groups (broad SMARTS) is 1. The van der Waals surface area contributed by atoms with Crippen LogP contribution >= 0.6 is 0 Å². The Morgan fingerprint density at radius 2 is 2.00 bits per heavy atom. The van der Waals surface area contributed by atoms with Crippen LogP contribution in [0.1, 0.15) is 68.5 Å². The largest absolute Gasteiger partial charge is 0.478 e. The Kier molecular flexibility index (Phi) is 4.87. The van der Waals surface area contributed by atoms with Gasteiger partial charge in [-0.05, 0) is 37.3 Å². The Hall–Kier alpha value is -1.88. The Balaban J connectivity index is 1.97. The molecule has 1 saturated heterocycles. The van der Waals surface area contributed by atoms with Gasteiger partial charge in [-0.2, -0.15) is 0 Å². The van der Waals surface area contributed by atoms with E-state index in [1.54, 1.807) is 19.1 Å². The van der Waals surface area contributed by atoms with Crippen LogP contribution < -0.4 is 5.32 Å². The van der Waals surface area contributed by atoms with Crippen LogP contribution in [0.4, 0.5) is 0 Å². The number of carbonyl (C=O) groups excluding carboxylic acids is 1. The van der Waals surface area contributed by atoms with Gasteiger partial charge >= 0.3 is 5.97 Å². The van der Waals surface area contributed by atoms with E-state index in [0.717, 1.165) is 19.3 Å². The van der Waals surface area contributed by atoms with Crippen LogP contribution in [-0.4, -0.2) is 28.6 Å². The first kappa shape index (κ1) is 17.9. The maximum atomic E-state index is 11.8. The molecule has 5 nitrogen and oxygen atoms in total. The third-order valence-electron chi connectivity index (χ3n) is 5.82. The number of nitrogens with one attached hydrogen (secondary N) is 1. The molecule has 0 radical (unpaired) electrons. The predicted octanol–water partition coefficient (Wildman–Crippen LogP) is 3.55. The molecule has 0 unspecified atom stereocenters. The average Bonchev–Trinajstić information content (AvgIpc) is 2.53. The Morgan fingerprint density at radius 3 is 2.68 bits per heavy atom. The third-order valence-corrected chi connectivity index (χ3v) is 5.82. The molecule has 1 saturated carbocycles. The number of fused-ring (bicyclic) bond motifs is 1. The minimum Gasteiger partial charge on any atom is -0.478 e. The SMILES string of the molecule is CC(=O)N[C@@]1(C)C[C@H](c2ccccc2C(=O)O)O[C@@H]2C[C@H](C)CC[C@H]21. The summed E-state index contributed by atoms with van der Waals surface area (Å²) in [4.78, 5) is 23.4. The number of hydrogen-bond acceptors (Lipinski definition) is 3. The van der Waals surface area contributed by atoms with Gasteiger partial charge in [-0.25, -0.2) is 4.79 Å². The van der Waals surface area contributed by atoms with E-state index in [9.17, 15) is 14.7 Å². The van der Waals surface area contributed by atoms with Crippen molar-refractivity contribution in [3.8, 4) is 0 Å². The van der Waals surface area contributed by atoms with Crippen molar-refractivity contribution in [3.63, 3.8) is 0 Å². The lowest BCUT2D eigenvalue weighted by Crippen LogP contribution is -2.60. The van der Waals surface area contributed by atoms with Crippen LogP contribution in [0.2, 0.25) is 0 Å². The molecule has 136 valence electrons. The van der Waals surface area contributed by atoms with Crippen molar-refractivity contribution in [2.75, 3.05) is 0 Å². The van der Waals surface area contributed by atoms with E-state index in [1.807, 2.05) is 12.1 Å². The number of hydrogen-bond donors (Lipinski definition) is 2. The summed E-state index contributed by atoms with van der Waals surface area (Å²) in [5.74, 6) is -0.149. The van der Waals surface area contributed by atoms with Gasteiger partial charge in [0.05, 0.1) is 17.8 Å². The number of carbonyl (C=O) groups is 2. The minimum atomic E-state index is -0.945. The molecule has 1 aromatic rings. The summed E-state index contributed by atoms with van der Waals surface area (Å²) in [7, 11) is 0. The van der Waals surface area contributed by atoms with Crippen molar-refractivity contribution in [2.45, 2.75) is 64.2 Å². The lowest BCUT2D eigenvalue weighted by atomic mass is 9.66. The van der Waals surface area contributed by atoms with E-state index in [-0.39, 0.29) is 35.1 Å². The summed E-state index contributed by atoms with van der Waals surface area (Å²) < 4.78 is 6.40. The summed E-state index contributed by atoms with van der Waals surface area (Å²) in [5, 5.41) is 12.7. The molecule has 0 spiro atoms. The molecular formula is C20H27NO4. The number of ether oxygens (including phenoxy) is 1. The molecule has 25 heavy (non-hydrogen) atoms. The van der Waals surface area contributed by atoms with E-state index in [4.69, 9.17) is 4.74 Å². The molecule has 2 fully saturated rings. The average molecular weight is 345 g/mol. The fourth-order valence-corrected chi connectivity index (χ4v) is 4.71. The zero-order chi connectivity index (χ0) is 18.2. The first-order valence-electron chi connectivity index (χ1n) is 9.06. The molecule has 2 aliphatic rings. The van der Waals surface area contributed by atoms with Crippen molar-refractivity contribution >= 4 is 11.9 Å². The van der Waals surface area contributed by atoms with Gasteiger partial charge < -0.3 is 15.2 Å². The molecule has 3 rings (SSSR count). The highest BCUT2D eigenvalue weighted by atomic mass is 16.5. The Morgan fingerprint density at radius 1 is 1.28 bits per heavy atom. The van der Waals surface area contributed by atoms with Gasteiger partial charge in [-0.15, -0.1) is 0 Å². The summed E-state index contributed by atoms with van der Waals surface area (Å²) >= 11 is 0. The van der Waals surface area contributed by atoms with Gasteiger partial charge in [-0.1, -0.05) is 31.5 Å². The highest BCUT2D eigenvalue weighted by Gasteiger charge is 2.49. The first-order chi connectivity index (χ1) is 11.8. The fourth-order valence-electron chi connectivity index (χ4n) is 4.71. The van der Waals surface area contributed by atoms with Crippen LogP contribution in [-0.2, 0) is 9.53 Å². The molecule has 5 atom stereocenters. The van der Waals surface area contributed by atoms with E-state index < -0.39 is 5.97 Å². The number of amides is 1. The van der Waals surface area contributed by atoms with Gasteiger partial charge in [0.2, 0.25) is 5.91 Å². The monoisotopic (exact) mass is 345 g/mol. The highest BCUT2D eigenvalue weighted by Crippen LogP contribution is 2.48. The lowest BCUT2D eigenvalue weighted by Gasteiger charge is -2.52. The third kappa shape index (κ3) is 3.56. The molecule has 1 aliphatic carbocycles. The van der Waals surface area contributed by atoms with Gasteiger partial charge in [0.25, 0.3) is 0 Å². The summed E-state index contributed by atoms with van der Waals surface area (Å²) in [5.41, 5.74) is 0.591. The second-order valence-electron chi connectivity index (χ2n) is 7.88. The summed E-state index contributed by atoms with van der Waals surface area (Å²) in [6.07, 6.45) is 3.42. The maximum absolute atomic E-state index is 11.8. The van der Waals surface area contributed by atoms with E-state index in [0.29, 0.717) is 17.9 Å². The number of rotatable bonds is 3. The molecule has 0 bridgehead atoms. The summed E-state index contributed by atoms with van der Waals surface area (Å²) in [6, 6.07) is 7.02. The van der Waals surface area contributed by atoms with Crippen molar-refractivity contribution < 1.29 is 19.4 Å². The quantitative estimate of drug-likeness (QED) is 0.878. The second-order valence-corrected chi connectivity index (χ2v) is 7.88. The molecule has 1 heterocycles. The molecule has 1 amide bonds. The Labute approximate surface area is 148 Å². The Bertz CT molecular complexity index is 673. The van der Waals surface area contributed by atoms with Gasteiger partial charge in [-0.3, -0.25) is 4.79 Å². The molecular weight excluding hydrogens is 318 g/mol. The van der Waals surface area contributed by atoms with Crippen LogP contribution in [0.5, 0.6) is 0 Å². The van der Waals surface area contributed by atoms with Crippen LogP contribution in [0.3, 0.4) is 0 Å².